The van der Waals surface area contributed by atoms with E-state index in [1.807, 2.05) is 25.2 Å². The van der Waals surface area contributed by atoms with Gasteiger partial charge in [0.25, 0.3) is 5.91 Å². The highest BCUT2D eigenvalue weighted by atomic mass is 16.1. The van der Waals surface area contributed by atoms with E-state index in [4.69, 9.17) is 5.73 Å². The van der Waals surface area contributed by atoms with Gasteiger partial charge >= 0.3 is 0 Å². The van der Waals surface area contributed by atoms with Crippen molar-refractivity contribution >= 4 is 11.6 Å². The molecule has 0 spiro atoms. The summed E-state index contributed by atoms with van der Waals surface area (Å²) in [7, 11) is 1.99. The Hall–Kier alpha value is -1.55. The lowest BCUT2D eigenvalue weighted by Gasteiger charge is -2.37. The van der Waals surface area contributed by atoms with Crippen molar-refractivity contribution in [3.8, 4) is 0 Å². The third kappa shape index (κ3) is 1.80. The fourth-order valence-corrected chi connectivity index (χ4v) is 1.73. The van der Waals surface area contributed by atoms with Crippen LogP contribution in [0, 0.1) is 0 Å². The molecule has 1 amide bonds. The normalized spacial score (nSPS) is 15.8. The lowest BCUT2D eigenvalue weighted by molar-refractivity contribution is 0.100. The molecule has 1 fully saturated rings. The first kappa shape index (κ1) is 9.98. The van der Waals surface area contributed by atoms with E-state index in [0.717, 1.165) is 18.8 Å². The second-order valence-electron chi connectivity index (χ2n) is 3.80. The summed E-state index contributed by atoms with van der Waals surface area (Å²) < 4.78 is 0. The van der Waals surface area contributed by atoms with Gasteiger partial charge in [0.2, 0.25) is 0 Å². The van der Waals surface area contributed by atoms with Gasteiger partial charge < -0.3 is 16.0 Å². The maximum atomic E-state index is 11.2. The largest absolute Gasteiger partial charge is 0.368 e. The molecule has 3 N–H and O–H groups in total. The SMILES string of the molecule is CN(c1ccccc1C(N)=O)C1CNC1. The van der Waals surface area contributed by atoms with Crippen molar-refractivity contribution in [2.24, 2.45) is 5.73 Å². The first-order chi connectivity index (χ1) is 7.20. The Labute approximate surface area is 89.1 Å². The minimum absolute atomic E-state index is 0.371. The molecule has 0 radical (unpaired) electrons. The standard InChI is InChI=1S/C11H15N3O/c1-14(8-6-13-7-8)10-5-3-2-4-9(10)11(12)15/h2-5,8,13H,6-7H2,1H3,(H2,12,15). The number of rotatable bonds is 3. The van der Waals surface area contributed by atoms with E-state index in [1.54, 1.807) is 6.07 Å². The number of amides is 1. The minimum atomic E-state index is -0.371. The number of hydrogen-bond donors (Lipinski definition) is 2. The molecule has 15 heavy (non-hydrogen) atoms. The van der Waals surface area contributed by atoms with Gasteiger partial charge in [0.15, 0.2) is 0 Å². The third-order valence-electron chi connectivity index (χ3n) is 2.86. The molecule has 4 nitrogen and oxygen atoms in total. The molecular weight excluding hydrogens is 190 g/mol. The van der Waals surface area contributed by atoms with Crippen LogP contribution >= 0.6 is 0 Å². The van der Waals surface area contributed by atoms with Crippen LogP contribution in [0.1, 0.15) is 10.4 Å². The predicted octanol–water partition coefficient (Wildman–Crippen LogP) is 0.193. The summed E-state index contributed by atoms with van der Waals surface area (Å²) in [6.45, 7) is 1.92. The van der Waals surface area contributed by atoms with E-state index >= 15 is 0 Å². The first-order valence-electron chi connectivity index (χ1n) is 5.02. The van der Waals surface area contributed by atoms with Gasteiger partial charge in [-0.25, -0.2) is 0 Å². The minimum Gasteiger partial charge on any atom is -0.368 e. The molecule has 2 rings (SSSR count). The van der Waals surface area contributed by atoms with Crippen molar-refractivity contribution in [1.29, 1.82) is 0 Å². The zero-order valence-electron chi connectivity index (χ0n) is 8.73. The molecule has 4 heteroatoms. The molecule has 0 atom stereocenters. The molecule has 1 aliphatic rings. The molecule has 80 valence electrons. The van der Waals surface area contributed by atoms with Crippen molar-refractivity contribution < 1.29 is 4.79 Å². The highest BCUT2D eigenvalue weighted by molar-refractivity contribution is 5.98. The van der Waals surface area contributed by atoms with Gasteiger partial charge in [-0.3, -0.25) is 4.79 Å². The number of primary amides is 1. The maximum Gasteiger partial charge on any atom is 0.250 e. The zero-order chi connectivity index (χ0) is 10.8. The number of nitrogens with one attached hydrogen (secondary N) is 1. The Kier molecular flexibility index (Phi) is 2.60. The van der Waals surface area contributed by atoms with Crippen LogP contribution in [0.25, 0.3) is 0 Å². The van der Waals surface area contributed by atoms with E-state index in [2.05, 4.69) is 10.2 Å². The summed E-state index contributed by atoms with van der Waals surface area (Å²) in [5.74, 6) is -0.371. The van der Waals surface area contributed by atoms with Gasteiger partial charge in [0.05, 0.1) is 11.6 Å². The van der Waals surface area contributed by atoms with Crippen LogP contribution in [0.15, 0.2) is 24.3 Å². The summed E-state index contributed by atoms with van der Waals surface area (Å²) in [6, 6.07) is 7.91. The molecule has 0 aromatic heterocycles. The summed E-state index contributed by atoms with van der Waals surface area (Å²) >= 11 is 0. The van der Waals surface area contributed by atoms with Crippen LogP contribution in [0.4, 0.5) is 5.69 Å². The van der Waals surface area contributed by atoms with E-state index < -0.39 is 0 Å². The Morgan fingerprint density at radius 2 is 2.13 bits per heavy atom. The Morgan fingerprint density at radius 1 is 1.47 bits per heavy atom. The van der Waals surface area contributed by atoms with Gasteiger partial charge in [0, 0.05) is 25.8 Å². The summed E-state index contributed by atoms with van der Waals surface area (Å²) in [5.41, 5.74) is 6.83. The van der Waals surface area contributed by atoms with Gasteiger partial charge in [0.1, 0.15) is 0 Å². The van der Waals surface area contributed by atoms with Gasteiger partial charge in [-0.1, -0.05) is 12.1 Å². The number of anilines is 1. The number of benzene rings is 1. The zero-order valence-corrected chi connectivity index (χ0v) is 8.73. The molecule has 0 saturated carbocycles. The average Bonchev–Trinajstić information content (AvgIpc) is 2.15. The molecule has 1 aromatic carbocycles. The lowest BCUT2D eigenvalue weighted by Crippen LogP contribution is -2.56. The number of hydrogen-bond acceptors (Lipinski definition) is 3. The topological polar surface area (TPSA) is 58.4 Å². The molecule has 1 aliphatic heterocycles. The lowest BCUT2D eigenvalue weighted by atomic mass is 10.1. The average molecular weight is 205 g/mol. The molecule has 0 bridgehead atoms. The fourth-order valence-electron chi connectivity index (χ4n) is 1.73. The predicted molar refractivity (Wildman–Crippen MR) is 60.0 cm³/mol. The van der Waals surface area contributed by atoms with Crippen LogP contribution in [-0.4, -0.2) is 32.1 Å². The third-order valence-corrected chi connectivity index (χ3v) is 2.86. The Bertz CT molecular complexity index is 374. The van der Waals surface area contributed by atoms with Crippen molar-refractivity contribution in [2.75, 3.05) is 25.0 Å². The quantitative estimate of drug-likeness (QED) is 0.740. The monoisotopic (exact) mass is 205 g/mol. The maximum absolute atomic E-state index is 11.2. The Balaban J connectivity index is 2.29. The van der Waals surface area contributed by atoms with Crippen LogP contribution in [-0.2, 0) is 0 Å². The molecule has 1 saturated heterocycles. The Morgan fingerprint density at radius 3 is 2.67 bits per heavy atom. The van der Waals surface area contributed by atoms with Crippen LogP contribution in [0.3, 0.4) is 0 Å². The number of para-hydroxylation sites is 1. The molecule has 0 aliphatic carbocycles. The van der Waals surface area contributed by atoms with Crippen LogP contribution in [0.2, 0.25) is 0 Å². The first-order valence-corrected chi connectivity index (χ1v) is 5.02. The molecule has 1 aromatic rings. The van der Waals surface area contributed by atoms with Crippen molar-refractivity contribution in [3.05, 3.63) is 29.8 Å². The highest BCUT2D eigenvalue weighted by Gasteiger charge is 2.23. The fraction of sp³-hybridized carbons (Fsp3) is 0.364. The smallest absolute Gasteiger partial charge is 0.250 e. The van der Waals surface area contributed by atoms with E-state index in [9.17, 15) is 4.79 Å². The highest BCUT2D eigenvalue weighted by Crippen LogP contribution is 2.21. The number of carbonyl (C=O) groups is 1. The van der Waals surface area contributed by atoms with Crippen LogP contribution < -0.4 is 16.0 Å². The second-order valence-corrected chi connectivity index (χ2v) is 3.80. The van der Waals surface area contributed by atoms with E-state index in [1.165, 1.54) is 0 Å². The summed E-state index contributed by atoms with van der Waals surface area (Å²) in [4.78, 5) is 13.3. The molecular formula is C11H15N3O. The van der Waals surface area contributed by atoms with Crippen molar-refractivity contribution in [1.82, 2.24) is 5.32 Å². The second kappa shape index (κ2) is 3.90. The molecule has 1 heterocycles. The number of carbonyl (C=O) groups excluding carboxylic acids is 1. The van der Waals surface area contributed by atoms with Crippen LogP contribution in [0.5, 0.6) is 0 Å². The number of nitrogens with zero attached hydrogens (tertiary/aromatic N) is 1. The number of likely N-dealkylation sites (N-methyl/N-ethyl adjacent to an activating group) is 1. The van der Waals surface area contributed by atoms with Crippen molar-refractivity contribution in [2.45, 2.75) is 6.04 Å². The van der Waals surface area contributed by atoms with E-state index in [-0.39, 0.29) is 5.91 Å². The number of nitrogens with two attached hydrogens (primary N) is 1. The molecule has 0 unspecified atom stereocenters. The van der Waals surface area contributed by atoms with Gasteiger partial charge in [-0.2, -0.15) is 0 Å². The summed E-state index contributed by atoms with van der Waals surface area (Å²) in [5, 5.41) is 3.20. The van der Waals surface area contributed by atoms with Gasteiger partial charge in [-0.05, 0) is 12.1 Å². The summed E-state index contributed by atoms with van der Waals surface area (Å²) in [6.07, 6.45) is 0. The van der Waals surface area contributed by atoms with Gasteiger partial charge in [-0.15, -0.1) is 0 Å². The van der Waals surface area contributed by atoms with Crippen molar-refractivity contribution in [3.63, 3.8) is 0 Å². The van der Waals surface area contributed by atoms with E-state index in [0.29, 0.717) is 11.6 Å².